The zero-order valence-electron chi connectivity index (χ0n) is 18.4. The summed E-state index contributed by atoms with van der Waals surface area (Å²) in [5.41, 5.74) is 1.37. The number of aliphatic hydroxyl groups is 1. The number of Topliss-reactive ketones (excluding diaryl/α,β-unsaturated/α-hetero) is 1. The van der Waals surface area contributed by atoms with Crippen LogP contribution in [-0.4, -0.2) is 48.6 Å². The van der Waals surface area contributed by atoms with Crippen molar-refractivity contribution in [2.24, 2.45) is 11.8 Å². The lowest BCUT2D eigenvalue weighted by Crippen LogP contribution is -2.51. The second-order valence-corrected chi connectivity index (χ2v) is 10.3. The number of sulfonamides is 1. The van der Waals surface area contributed by atoms with Gasteiger partial charge < -0.3 is 9.84 Å². The van der Waals surface area contributed by atoms with Crippen molar-refractivity contribution in [3.05, 3.63) is 65.7 Å². The minimum Gasteiger partial charge on any atom is -0.392 e. The van der Waals surface area contributed by atoms with E-state index >= 15 is 0 Å². The van der Waals surface area contributed by atoms with Crippen LogP contribution in [0.3, 0.4) is 0 Å². The lowest BCUT2D eigenvalue weighted by atomic mass is 9.85. The normalized spacial score (nSPS) is 21.9. The molecule has 1 heterocycles. The van der Waals surface area contributed by atoms with Crippen molar-refractivity contribution in [3.8, 4) is 0 Å². The van der Waals surface area contributed by atoms with E-state index in [-0.39, 0.29) is 23.2 Å². The summed E-state index contributed by atoms with van der Waals surface area (Å²) >= 11 is 0. The molecule has 0 radical (unpaired) electrons. The van der Waals surface area contributed by atoms with Crippen LogP contribution in [0.5, 0.6) is 0 Å². The summed E-state index contributed by atoms with van der Waals surface area (Å²) in [5, 5.41) is 11.0. The predicted molar refractivity (Wildman–Crippen MR) is 119 cm³/mol. The molecule has 0 aliphatic carbocycles. The average molecular weight is 446 g/mol. The first-order valence-corrected chi connectivity index (χ1v) is 12.1. The van der Waals surface area contributed by atoms with Crippen molar-refractivity contribution in [1.82, 2.24) is 4.31 Å². The molecular formula is C24H31NO5S. The number of hydrogen-bond acceptors (Lipinski definition) is 5. The van der Waals surface area contributed by atoms with E-state index in [9.17, 15) is 18.3 Å². The number of rotatable bonds is 8. The molecule has 0 spiro atoms. The monoisotopic (exact) mass is 445 g/mol. The zero-order chi connectivity index (χ0) is 22.8. The van der Waals surface area contributed by atoms with Crippen molar-refractivity contribution < 1.29 is 23.1 Å². The highest BCUT2D eigenvalue weighted by atomic mass is 32.2. The van der Waals surface area contributed by atoms with Gasteiger partial charge in [-0.25, -0.2) is 8.42 Å². The summed E-state index contributed by atoms with van der Waals surface area (Å²) in [6.07, 6.45) is -1.61. The minimum atomic E-state index is -3.94. The molecule has 6 nitrogen and oxygen atoms in total. The van der Waals surface area contributed by atoms with Gasteiger partial charge in [-0.2, -0.15) is 4.31 Å². The molecule has 2 aromatic rings. The first-order chi connectivity index (χ1) is 14.7. The quantitative estimate of drug-likeness (QED) is 0.627. The number of benzene rings is 2. The summed E-state index contributed by atoms with van der Waals surface area (Å²) < 4.78 is 34.5. The van der Waals surface area contributed by atoms with Crippen molar-refractivity contribution in [1.29, 1.82) is 0 Å². The van der Waals surface area contributed by atoms with E-state index in [1.54, 1.807) is 68.4 Å². The van der Waals surface area contributed by atoms with Crippen LogP contribution < -0.4 is 0 Å². The van der Waals surface area contributed by atoms with Gasteiger partial charge in [0.05, 0.1) is 29.6 Å². The fourth-order valence-electron chi connectivity index (χ4n) is 3.95. The van der Waals surface area contributed by atoms with Gasteiger partial charge in [-0.05, 0) is 31.4 Å². The second kappa shape index (κ2) is 9.61. The Kier molecular flexibility index (Phi) is 7.31. The van der Waals surface area contributed by atoms with Crippen LogP contribution in [0.2, 0.25) is 0 Å². The Morgan fingerprint density at radius 2 is 1.74 bits per heavy atom. The fourth-order valence-corrected chi connectivity index (χ4v) is 5.74. The van der Waals surface area contributed by atoms with E-state index in [2.05, 4.69) is 0 Å². The first kappa shape index (κ1) is 23.6. The highest BCUT2D eigenvalue weighted by Gasteiger charge is 2.50. The van der Waals surface area contributed by atoms with E-state index < -0.39 is 34.3 Å². The average Bonchev–Trinajstić information content (AvgIpc) is 3.19. The molecule has 1 N–H and O–H groups in total. The van der Waals surface area contributed by atoms with Gasteiger partial charge in [0.2, 0.25) is 10.0 Å². The number of hydrogen-bond donors (Lipinski definition) is 1. The van der Waals surface area contributed by atoms with Crippen molar-refractivity contribution in [2.75, 3.05) is 6.61 Å². The molecule has 0 saturated carbocycles. The molecule has 1 saturated heterocycles. The number of ketones is 1. The Labute approximate surface area is 184 Å². The third-order valence-corrected chi connectivity index (χ3v) is 7.79. The van der Waals surface area contributed by atoms with Crippen molar-refractivity contribution in [2.45, 2.75) is 57.4 Å². The summed E-state index contributed by atoms with van der Waals surface area (Å²) in [6.45, 7) is 7.57. The van der Waals surface area contributed by atoms with Gasteiger partial charge in [0, 0.05) is 5.56 Å². The van der Waals surface area contributed by atoms with Crippen molar-refractivity contribution in [3.63, 3.8) is 0 Å². The topological polar surface area (TPSA) is 83.9 Å². The Balaban J connectivity index is 2.08. The van der Waals surface area contributed by atoms with Gasteiger partial charge >= 0.3 is 0 Å². The molecule has 0 bridgehead atoms. The standard InChI is InChI=1S/C24H31NO5S/c1-5-19-15-30-24(25(19)31(28,29)20-13-11-17(4)12-14-20)21(22(26)16(2)3)23(27)18-9-7-6-8-10-18/h6-14,16,19,21-22,24,26H,5,15H2,1-4H3/t19-,21+,22+,24-/m1/s1. The summed E-state index contributed by atoms with van der Waals surface area (Å²) in [4.78, 5) is 13.6. The Morgan fingerprint density at radius 1 is 1.13 bits per heavy atom. The largest absolute Gasteiger partial charge is 0.392 e. The van der Waals surface area contributed by atoms with Crippen LogP contribution in [0, 0.1) is 18.8 Å². The van der Waals surface area contributed by atoms with E-state index in [1.807, 2.05) is 13.8 Å². The highest BCUT2D eigenvalue weighted by molar-refractivity contribution is 7.89. The lowest BCUT2D eigenvalue weighted by Gasteiger charge is -2.35. The summed E-state index contributed by atoms with van der Waals surface area (Å²) in [5.74, 6) is -1.63. The van der Waals surface area contributed by atoms with E-state index in [0.29, 0.717) is 12.0 Å². The number of carbonyl (C=O) groups excluding carboxylic acids is 1. The van der Waals surface area contributed by atoms with E-state index in [1.165, 1.54) is 4.31 Å². The van der Waals surface area contributed by atoms with Crippen LogP contribution in [0.25, 0.3) is 0 Å². The first-order valence-electron chi connectivity index (χ1n) is 10.7. The van der Waals surface area contributed by atoms with E-state index in [4.69, 9.17) is 4.74 Å². The molecule has 1 aliphatic rings. The molecule has 0 aromatic heterocycles. The smallest absolute Gasteiger partial charge is 0.245 e. The number of carbonyl (C=O) groups is 1. The van der Waals surface area contributed by atoms with E-state index in [0.717, 1.165) is 5.56 Å². The molecule has 2 aromatic carbocycles. The molecule has 0 unspecified atom stereocenters. The molecule has 1 fully saturated rings. The highest BCUT2D eigenvalue weighted by Crippen LogP contribution is 2.36. The van der Waals surface area contributed by atoms with Gasteiger partial charge in [0.15, 0.2) is 5.78 Å². The maximum atomic E-state index is 13.6. The summed E-state index contributed by atoms with van der Waals surface area (Å²) in [6, 6.07) is 14.9. The van der Waals surface area contributed by atoms with Crippen LogP contribution in [0.1, 0.15) is 43.1 Å². The van der Waals surface area contributed by atoms with Crippen LogP contribution in [0.15, 0.2) is 59.5 Å². The Bertz CT molecular complexity index is 988. The zero-order valence-corrected chi connectivity index (χ0v) is 19.2. The number of nitrogens with zero attached hydrogens (tertiary/aromatic N) is 1. The molecule has 1 aliphatic heterocycles. The van der Waals surface area contributed by atoms with Crippen LogP contribution in [0.4, 0.5) is 0 Å². The third-order valence-electron chi connectivity index (χ3n) is 5.86. The second-order valence-electron chi connectivity index (χ2n) is 8.42. The Hall–Kier alpha value is -2.06. The number of aliphatic hydroxyl groups excluding tert-OH is 1. The van der Waals surface area contributed by atoms with Crippen molar-refractivity contribution >= 4 is 15.8 Å². The fraction of sp³-hybridized carbons (Fsp3) is 0.458. The predicted octanol–water partition coefficient (Wildman–Crippen LogP) is 3.64. The molecule has 0 amide bonds. The lowest BCUT2D eigenvalue weighted by molar-refractivity contribution is -0.0400. The number of ether oxygens (including phenoxy) is 1. The maximum absolute atomic E-state index is 13.6. The maximum Gasteiger partial charge on any atom is 0.245 e. The van der Waals surface area contributed by atoms with Crippen LogP contribution in [-0.2, 0) is 14.8 Å². The Morgan fingerprint density at radius 3 is 2.29 bits per heavy atom. The molecule has 168 valence electrons. The van der Waals surface area contributed by atoms with Gasteiger partial charge in [0.25, 0.3) is 0 Å². The molecule has 7 heteroatoms. The minimum absolute atomic E-state index is 0.150. The van der Waals surface area contributed by atoms with Crippen LogP contribution >= 0.6 is 0 Å². The molecule has 4 atom stereocenters. The third kappa shape index (κ3) is 4.75. The molecule has 31 heavy (non-hydrogen) atoms. The van der Waals surface area contributed by atoms with Gasteiger partial charge in [-0.15, -0.1) is 0 Å². The van der Waals surface area contributed by atoms with Gasteiger partial charge in [-0.1, -0.05) is 68.8 Å². The number of aryl methyl sites for hydroxylation is 1. The summed E-state index contributed by atoms with van der Waals surface area (Å²) in [7, 11) is -3.94. The van der Waals surface area contributed by atoms with Gasteiger partial charge in [-0.3, -0.25) is 4.79 Å². The SMILES string of the molecule is CC[C@@H]1CO[C@H]([C@H](C(=O)c2ccccc2)[C@@H](O)C(C)C)N1S(=O)(=O)c1ccc(C)cc1. The molecule has 3 rings (SSSR count). The van der Waals surface area contributed by atoms with Gasteiger partial charge in [0.1, 0.15) is 6.23 Å². The molecular weight excluding hydrogens is 414 g/mol.